The van der Waals surface area contributed by atoms with Crippen LogP contribution < -0.4 is 0 Å². The van der Waals surface area contributed by atoms with Gasteiger partial charge >= 0.3 is 6.72 Å². The molecular weight excluding hydrogens is 223 g/mol. The van der Waals surface area contributed by atoms with Gasteiger partial charge in [0.15, 0.2) is 0 Å². The molecule has 0 aromatic carbocycles. The molecule has 4 nitrogen and oxygen atoms in total. The maximum Gasteiger partial charge on any atom is 0.321 e. The molecule has 1 heterocycles. The van der Waals surface area contributed by atoms with Crippen molar-refractivity contribution < 1.29 is 19.0 Å². The lowest BCUT2D eigenvalue weighted by molar-refractivity contribution is 0.0100. The van der Waals surface area contributed by atoms with Crippen LogP contribution in [-0.2, 0) is 21.1 Å². The van der Waals surface area contributed by atoms with E-state index in [0.29, 0.717) is 11.8 Å². The van der Waals surface area contributed by atoms with Crippen molar-refractivity contribution >= 4 is 18.5 Å². The van der Waals surface area contributed by atoms with E-state index in [9.17, 15) is 0 Å². The topological polar surface area (TPSA) is 58.9 Å². The largest absolute Gasteiger partial charge is 0.372 e. The minimum absolute atomic E-state index is 0.0818. The molecule has 0 spiro atoms. The fourth-order valence-corrected chi connectivity index (χ4v) is 2.17. The zero-order valence-corrected chi connectivity index (χ0v) is 10.3. The summed E-state index contributed by atoms with van der Waals surface area (Å²) in [5.74, 6) is 0.811. The Kier molecular flexibility index (Phi) is 4.09. The molecule has 0 aromatic heterocycles. The predicted octanol–water partition coefficient (Wildman–Crippen LogP) is 1.27. The van der Waals surface area contributed by atoms with E-state index >= 15 is 0 Å². The maximum absolute atomic E-state index is 8.90. The van der Waals surface area contributed by atoms with Crippen LogP contribution in [0.3, 0.4) is 0 Å². The van der Waals surface area contributed by atoms with Crippen molar-refractivity contribution in [1.29, 1.82) is 0 Å². The molecule has 2 N–H and O–H groups in total. The molecule has 1 rings (SSSR count). The third-order valence-corrected chi connectivity index (χ3v) is 3.75. The van der Waals surface area contributed by atoms with Gasteiger partial charge in [0.25, 0.3) is 0 Å². The van der Waals surface area contributed by atoms with Gasteiger partial charge in [-0.1, -0.05) is 13.8 Å². The summed E-state index contributed by atoms with van der Waals surface area (Å²) in [5, 5.41) is 0. The average molecular weight is 240 g/mol. The summed E-state index contributed by atoms with van der Waals surface area (Å²) >= 11 is 4.36. The van der Waals surface area contributed by atoms with Crippen molar-refractivity contribution in [3.63, 3.8) is 0 Å². The van der Waals surface area contributed by atoms with E-state index in [1.165, 1.54) is 0 Å². The second-order valence-corrected chi connectivity index (χ2v) is 6.55. The SMILES string of the molecule is CC1C(C)[C@@H](COP(O)(O)=S)O[C@H]1C. The molecular formula is C8H17O4PS. The lowest BCUT2D eigenvalue weighted by Crippen LogP contribution is -2.21. The van der Waals surface area contributed by atoms with Crippen LogP contribution in [0.1, 0.15) is 20.8 Å². The Bertz CT molecular complexity index is 241. The molecule has 1 fully saturated rings. The lowest BCUT2D eigenvalue weighted by atomic mass is 9.91. The first-order valence-corrected chi connectivity index (χ1v) is 7.29. The molecule has 14 heavy (non-hydrogen) atoms. The molecule has 0 saturated carbocycles. The first-order valence-electron chi connectivity index (χ1n) is 4.67. The number of ether oxygens (including phenoxy) is 1. The smallest absolute Gasteiger partial charge is 0.321 e. The van der Waals surface area contributed by atoms with Crippen molar-refractivity contribution in [3.8, 4) is 0 Å². The van der Waals surface area contributed by atoms with Crippen LogP contribution in [0.15, 0.2) is 0 Å². The fraction of sp³-hybridized carbons (Fsp3) is 1.00. The van der Waals surface area contributed by atoms with E-state index in [0.717, 1.165) is 0 Å². The third-order valence-electron chi connectivity index (χ3n) is 2.95. The maximum atomic E-state index is 8.90. The minimum atomic E-state index is -3.53. The van der Waals surface area contributed by atoms with Crippen molar-refractivity contribution in [2.45, 2.75) is 33.0 Å². The van der Waals surface area contributed by atoms with E-state index in [1.54, 1.807) is 0 Å². The highest BCUT2D eigenvalue weighted by molar-refractivity contribution is 8.06. The molecule has 6 heteroatoms. The number of hydrogen-bond acceptors (Lipinski definition) is 3. The molecule has 1 aliphatic rings. The lowest BCUT2D eigenvalue weighted by Gasteiger charge is -2.17. The van der Waals surface area contributed by atoms with E-state index < -0.39 is 6.72 Å². The normalized spacial score (nSPS) is 38.9. The monoisotopic (exact) mass is 240 g/mol. The summed E-state index contributed by atoms with van der Waals surface area (Å²) in [5.41, 5.74) is 0. The van der Waals surface area contributed by atoms with Gasteiger partial charge in [0.1, 0.15) is 0 Å². The highest BCUT2D eigenvalue weighted by atomic mass is 32.5. The van der Waals surface area contributed by atoms with Crippen LogP contribution >= 0.6 is 6.72 Å². The van der Waals surface area contributed by atoms with E-state index in [4.69, 9.17) is 19.0 Å². The Morgan fingerprint density at radius 3 is 2.21 bits per heavy atom. The number of hydrogen-bond donors (Lipinski definition) is 2. The molecule has 0 radical (unpaired) electrons. The minimum Gasteiger partial charge on any atom is -0.372 e. The van der Waals surface area contributed by atoms with Gasteiger partial charge < -0.3 is 19.0 Å². The summed E-state index contributed by atoms with van der Waals surface area (Å²) in [6.07, 6.45) is 0.107. The van der Waals surface area contributed by atoms with E-state index in [2.05, 4.69) is 25.7 Å². The van der Waals surface area contributed by atoms with Gasteiger partial charge in [0.05, 0.1) is 18.8 Å². The Morgan fingerprint density at radius 1 is 1.29 bits per heavy atom. The van der Waals surface area contributed by atoms with Gasteiger partial charge in [0, 0.05) is 0 Å². The van der Waals surface area contributed by atoms with Crippen LogP contribution in [0.5, 0.6) is 0 Å². The number of rotatable bonds is 3. The summed E-state index contributed by atoms with van der Waals surface area (Å²) in [6.45, 7) is 2.83. The van der Waals surface area contributed by atoms with Gasteiger partial charge in [-0.15, -0.1) is 0 Å². The van der Waals surface area contributed by atoms with Crippen LogP contribution in [0.25, 0.3) is 0 Å². The molecule has 84 valence electrons. The molecule has 0 bridgehead atoms. The van der Waals surface area contributed by atoms with Crippen molar-refractivity contribution in [2.75, 3.05) is 6.61 Å². The Labute approximate surface area is 89.5 Å². The Balaban J connectivity index is 2.44. The van der Waals surface area contributed by atoms with Crippen LogP contribution in [0.2, 0.25) is 0 Å². The summed E-state index contributed by atoms with van der Waals surface area (Å²) < 4.78 is 10.4. The second-order valence-electron chi connectivity index (χ2n) is 3.88. The highest BCUT2D eigenvalue weighted by Gasteiger charge is 2.37. The van der Waals surface area contributed by atoms with Gasteiger partial charge in [-0.3, -0.25) is 0 Å². The zero-order valence-electron chi connectivity index (χ0n) is 8.58. The van der Waals surface area contributed by atoms with Gasteiger partial charge in [0.2, 0.25) is 0 Å². The standard InChI is InChI=1S/C8H17O4PS/c1-5-6(2)8(12-7(5)3)4-11-13(9,10)14/h5-8H,4H2,1-3H3,(H2,9,10,14)/t5?,6?,7-,8+/m0/s1. The van der Waals surface area contributed by atoms with Gasteiger partial charge in [-0.25, -0.2) is 0 Å². The zero-order chi connectivity index (χ0) is 10.9. The highest BCUT2D eigenvalue weighted by Crippen LogP contribution is 2.39. The molecule has 0 aliphatic carbocycles. The van der Waals surface area contributed by atoms with Gasteiger partial charge in [-0.2, -0.15) is 0 Å². The Morgan fingerprint density at radius 2 is 1.86 bits per heavy atom. The summed E-state index contributed by atoms with van der Waals surface area (Å²) in [7, 11) is 0. The molecule has 1 aliphatic heterocycles. The van der Waals surface area contributed by atoms with Crippen molar-refractivity contribution in [1.82, 2.24) is 0 Å². The first-order chi connectivity index (χ1) is 6.31. The molecule has 0 amide bonds. The molecule has 1 saturated heterocycles. The van der Waals surface area contributed by atoms with Crippen LogP contribution in [0.4, 0.5) is 0 Å². The fourth-order valence-electron chi connectivity index (χ4n) is 1.65. The third kappa shape index (κ3) is 3.26. The summed E-state index contributed by atoms with van der Waals surface area (Å²) in [6, 6.07) is 0. The van der Waals surface area contributed by atoms with Crippen LogP contribution in [0, 0.1) is 11.8 Å². The summed E-state index contributed by atoms with van der Waals surface area (Å²) in [4.78, 5) is 17.8. The average Bonchev–Trinajstić information content (AvgIpc) is 2.28. The molecule has 4 atom stereocenters. The quantitative estimate of drug-likeness (QED) is 0.727. The van der Waals surface area contributed by atoms with Crippen molar-refractivity contribution in [2.24, 2.45) is 11.8 Å². The van der Waals surface area contributed by atoms with Gasteiger partial charge in [-0.05, 0) is 30.6 Å². The van der Waals surface area contributed by atoms with E-state index in [1.807, 2.05) is 6.92 Å². The molecule has 2 unspecified atom stereocenters. The Hall–Kier alpha value is 0.490. The van der Waals surface area contributed by atoms with E-state index in [-0.39, 0.29) is 18.8 Å². The molecule has 0 aromatic rings. The first kappa shape index (κ1) is 12.6. The second kappa shape index (κ2) is 4.56. The van der Waals surface area contributed by atoms with Crippen LogP contribution in [-0.4, -0.2) is 28.6 Å². The van der Waals surface area contributed by atoms with Crippen molar-refractivity contribution in [3.05, 3.63) is 0 Å². The predicted molar refractivity (Wildman–Crippen MR) is 57.3 cm³/mol.